The number of hydrogen-bond acceptors (Lipinski definition) is 4. The minimum Gasteiger partial charge on any atom is -0.501 e. The van der Waals surface area contributed by atoms with Gasteiger partial charge in [-0.2, -0.15) is 0 Å². The highest BCUT2D eigenvalue weighted by molar-refractivity contribution is 7.81. The molecule has 0 saturated carbocycles. The Balaban J connectivity index is 2.53. The molecule has 1 aromatic heterocycles. The first-order valence-electron chi connectivity index (χ1n) is 4.40. The third kappa shape index (κ3) is 1.89. The van der Waals surface area contributed by atoms with Crippen molar-refractivity contribution in [3.63, 3.8) is 0 Å². The van der Waals surface area contributed by atoms with E-state index in [1.54, 1.807) is 24.3 Å². The van der Waals surface area contributed by atoms with Gasteiger partial charge in [0.15, 0.2) is 21.6 Å². The van der Waals surface area contributed by atoms with Gasteiger partial charge in [-0.05, 0) is 36.6 Å². The van der Waals surface area contributed by atoms with Crippen LogP contribution >= 0.6 is 24.4 Å². The van der Waals surface area contributed by atoms with Gasteiger partial charge in [0, 0.05) is 0 Å². The lowest BCUT2D eigenvalue weighted by Gasteiger charge is -2.05. The molecule has 0 radical (unpaired) electrons. The molecule has 0 aliphatic carbocycles. The Hall–Kier alpha value is -1.53. The third-order valence-electron chi connectivity index (χ3n) is 2.05. The van der Waals surface area contributed by atoms with Crippen LogP contribution in [0.2, 0.25) is 0 Å². The predicted octanol–water partition coefficient (Wildman–Crippen LogP) is 2.68. The van der Waals surface area contributed by atoms with E-state index in [0.29, 0.717) is 11.1 Å². The highest BCUT2D eigenvalue weighted by Gasteiger charge is 2.26. The first-order chi connectivity index (χ1) is 7.59. The van der Waals surface area contributed by atoms with Crippen LogP contribution in [0, 0.1) is 0 Å². The first-order valence-corrected chi connectivity index (χ1v) is 5.22. The Kier molecular flexibility index (Phi) is 2.84. The average Bonchev–Trinajstić information content (AvgIpc) is 2.58. The van der Waals surface area contributed by atoms with E-state index >= 15 is 0 Å². The summed E-state index contributed by atoms with van der Waals surface area (Å²) in [7, 11) is 0. The lowest BCUT2D eigenvalue weighted by atomic mass is 10.2. The van der Waals surface area contributed by atoms with Crippen LogP contribution in [0.5, 0.6) is 0 Å². The Morgan fingerprint density at radius 2 is 1.81 bits per heavy atom. The summed E-state index contributed by atoms with van der Waals surface area (Å²) in [4.78, 5) is 4.09. The molecule has 0 amide bonds. The molecule has 0 aliphatic rings. The van der Waals surface area contributed by atoms with Crippen LogP contribution in [0.4, 0.5) is 0 Å². The molecule has 2 rings (SSSR count). The molecule has 0 fully saturated rings. The van der Waals surface area contributed by atoms with Crippen molar-refractivity contribution in [2.75, 3.05) is 0 Å². The van der Waals surface area contributed by atoms with Crippen molar-refractivity contribution < 1.29 is 14.6 Å². The highest BCUT2D eigenvalue weighted by Crippen LogP contribution is 2.23. The zero-order chi connectivity index (χ0) is 11.7. The summed E-state index contributed by atoms with van der Waals surface area (Å²) in [6, 6.07) is 7.07. The van der Waals surface area contributed by atoms with E-state index in [2.05, 4.69) is 29.4 Å². The lowest BCUT2D eigenvalue weighted by molar-refractivity contribution is 0.470. The van der Waals surface area contributed by atoms with Crippen molar-refractivity contribution in [3.8, 4) is 0 Å². The second-order valence-corrected chi connectivity index (χ2v) is 3.97. The van der Waals surface area contributed by atoms with E-state index < -0.39 is 16.0 Å². The van der Waals surface area contributed by atoms with E-state index in [0.717, 1.165) is 0 Å². The van der Waals surface area contributed by atoms with Crippen molar-refractivity contribution in [1.29, 1.82) is 0 Å². The van der Waals surface area contributed by atoms with Crippen LogP contribution in [0.1, 0.15) is 11.8 Å². The van der Waals surface area contributed by atoms with E-state index in [1.165, 1.54) is 0 Å². The van der Waals surface area contributed by atoms with Gasteiger partial charge in [0.2, 0.25) is 5.89 Å². The molecule has 1 aromatic carbocycles. The van der Waals surface area contributed by atoms with Crippen LogP contribution in [0.25, 0.3) is 11.1 Å². The largest absolute Gasteiger partial charge is 0.501 e. The fourth-order valence-corrected chi connectivity index (χ4v) is 1.83. The molecular formula is C10H7NO3S2. The molecule has 0 aliphatic heterocycles. The molecule has 4 nitrogen and oxygen atoms in total. The number of thiocarbonyl (C=S) groups is 2. The quantitative estimate of drug-likeness (QED) is 0.820. The van der Waals surface area contributed by atoms with Gasteiger partial charge in [0.05, 0.1) is 0 Å². The summed E-state index contributed by atoms with van der Waals surface area (Å²) in [6.45, 7) is 0. The number of fused-ring (bicyclic) bond motifs is 1. The molecule has 6 heteroatoms. The molecular weight excluding hydrogens is 246 g/mol. The third-order valence-corrected chi connectivity index (χ3v) is 2.52. The zero-order valence-electron chi connectivity index (χ0n) is 7.95. The SMILES string of the molecule is OC(=S)C(C(O)=S)c1nc2ccccc2o1. The normalized spacial score (nSPS) is 10.8. The molecule has 0 bridgehead atoms. The number of hydrogen-bond donors (Lipinski definition) is 2. The van der Waals surface area contributed by atoms with Gasteiger partial charge < -0.3 is 14.6 Å². The van der Waals surface area contributed by atoms with Crippen molar-refractivity contribution >= 4 is 45.6 Å². The maximum absolute atomic E-state index is 9.25. The summed E-state index contributed by atoms with van der Waals surface area (Å²) in [6.07, 6.45) is 0. The maximum atomic E-state index is 9.25. The first kappa shape index (κ1) is 11.0. The predicted molar refractivity (Wildman–Crippen MR) is 67.2 cm³/mol. The van der Waals surface area contributed by atoms with Gasteiger partial charge in [-0.15, -0.1) is 0 Å². The van der Waals surface area contributed by atoms with Gasteiger partial charge in [-0.1, -0.05) is 12.1 Å². The Bertz CT molecular complexity index is 517. The Morgan fingerprint density at radius 1 is 1.19 bits per heavy atom. The molecule has 16 heavy (non-hydrogen) atoms. The second-order valence-electron chi connectivity index (χ2n) is 3.13. The van der Waals surface area contributed by atoms with Gasteiger partial charge in [-0.3, -0.25) is 0 Å². The lowest BCUT2D eigenvalue weighted by Crippen LogP contribution is -2.18. The van der Waals surface area contributed by atoms with Gasteiger partial charge in [0.25, 0.3) is 0 Å². The van der Waals surface area contributed by atoms with Crippen LogP contribution < -0.4 is 0 Å². The molecule has 0 unspecified atom stereocenters. The summed E-state index contributed by atoms with van der Waals surface area (Å²) in [5.41, 5.74) is 1.17. The maximum Gasteiger partial charge on any atom is 0.215 e. The zero-order valence-corrected chi connectivity index (χ0v) is 9.59. The second kappa shape index (κ2) is 4.15. The van der Waals surface area contributed by atoms with E-state index in [9.17, 15) is 10.2 Å². The van der Waals surface area contributed by atoms with Crippen LogP contribution in [0.3, 0.4) is 0 Å². The van der Waals surface area contributed by atoms with Gasteiger partial charge in [0.1, 0.15) is 5.52 Å². The smallest absolute Gasteiger partial charge is 0.215 e. The molecule has 0 spiro atoms. The monoisotopic (exact) mass is 253 g/mol. The minimum atomic E-state index is -1.03. The highest BCUT2D eigenvalue weighted by atomic mass is 32.1. The molecule has 1 heterocycles. The van der Waals surface area contributed by atoms with Gasteiger partial charge in [-0.25, -0.2) is 4.98 Å². The molecule has 0 saturated heterocycles. The van der Waals surface area contributed by atoms with Crippen LogP contribution in [0.15, 0.2) is 28.7 Å². The Labute approximate surface area is 102 Å². The van der Waals surface area contributed by atoms with E-state index in [1.807, 2.05) is 0 Å². The summed E-state index contributed by atoms with van der Waals surface area (Å²) in [5.74, 6) is -0.932. The summed E-state index contributed by atoms with van der Waals surface area (Å²) < 4.78 is 5.35. The number of rotatable bonds is 3. The number of benzene rings is 1. The fraction of sp³-hybridized carbons (Fsp3) is 0.100. The molecule has 82 valence electrons. The minimum absolute atomic E-state index is 0.0983. The average molecular weight is 253 g/mol. The van der Waals surface area contributed by atoms with Crippen molar-refractivity contribution in [3.05, 3.63) is 30.2 Å². The Morgan fingerprint density at radius 3 is 2.38 bits per heavy atom. The number of oxazole rings is 1. The van der Waals surface area contributed by atoms with Crippen LogP contribution in [-0.4, -0.2) is 25.3 Å². The number of aliphatic hydroxyl groups excluding tert-OH is 2. The standard InChI is InChI=1S/C10H7NO3S2/c12-9(15)7(10(13)16)8-11-5-3-1-2-4-6(5)14-8/h1-4,7H,(H,12,15)(H,13,16). The van der Waals surface area contributed by atoms with Crippen molar-refractivity contribution in [2.45, 2.75) is 5.92 Å². The van der Waals surface area contributed by atoms with Crippen molar-refractivity contribution in [2.24, 2.45) is 0 Å². The fourth-order valence-electron chi connectivity index (χ4n) is 1.33. The number of aromatic nitrogens is 1. The van der Waals surface area contributed by atoms with E-state index in [4.69, 9.17) is 4.42 Å². The van der Waals surface area contributed by atoms with Crippen LogP contribution in [-0.2, 0) is 0 Å². The summed E-state index contributed by atoms with van der Waals surface area (Å²) >= 11 is 9.18. The number of aliphatic hydroxyl groups is 2. The number of nitrogens with zero attached hydrogens (tertiary/aromatic N) is 1. The van der Waals surface area contributed by atoms with Gasteiger partial charge >= 0.3 is 0 Å². The van der Waals surface area contributed by atoms with E-state index in [-0.39, 0.29) is 5.89 Å². The topological polar surface area (TPSA) is 66.5 Å². The number of para-hydroxylation sites is 2. The van der Waals surface area contributed by atoms with Crippen molar-refractivity contribution in [1.82, 2.24) is 4.98 Å². The molecule has 2 N–H and O–H groups in total. The summed E-state index contributed by atoms with van der Waals surface area (Å²) in [5, 5.41) is 17.6. The molecule has 2 aromatic rings. The molecule has 0 atom stereocenters.